The molecule has 0 fully saturated rings. The van der Waals surface area contributed by atoms with Crippen LogP contribution in [-0.2, 0) is 30.1 Å². The molecule has 5 nitrogen and oxygen atoms in total. The highest BCUT2D eigenvalue weighted by atomic mass is 32.2. The Labute approximate surface area is 162 Å². The number of ether oxygens (including phenoxy) is 2. The molecule has 3 rings (SSSR count). The van der Waals surface area contributed by atoms with Crippen molar-refractivity contribution < 1.29 is 19.1 Å². The number of hydrogen-bond donors (Lipinski definition) is 0. The minimum Gasteiger partial charge on any atom is -0.549 e. The quantitative estimate of drug-likeness (QED) is 0.350. The number of methoxy groups -OCH3 is 2. The highest BCUT2D eigenvalue weighted by Crippen LogP contribution is 2.46. The maximum absolute atomic E-state index is 12.6. The summed E-state index contributed by atoms with van der Waals surface area (Å²) < 4.78 is 11.5. The van der Waals surface area contributed by atoms with Gasteiger partial charge >= 0.3 is 0 Å². The van der Waals surface area contributed by atoms with Gasteiger partial charge in [0.2, 0.25) is 5.97 Å². The van der Waals surface area contributed by atoms with Gasteiger partial charge in [-0.1, -0.05) is 30.3 Å². The second-order valence-electron chi connectivity index (χ2n) is 6.13. The molecule has 0 spiro atoms. The van der Waals surface area contributed by atoms with Gasteiger partial charge in [-0.05, 0) is 32.0 Å². The Morgan fingerprint density at radius 2 is 1.59 bits per heavy atom. The maximum Gasteiger partial charge on any atom is 0.239 e. The van der Waals surface area contributed by atoms with Gasteiger partial charge in [0.15, 0.2) is 10.9 Å². The lowest BCUT2D eigenvalue weighted by atomic mass is 10.0. The number of fused-ring (bicyclic) bond motifs is 3. The molecule has 2 aromatic carbocycles. The lowest BCUT2D eigenvalue weighted by Crippen LogP contribution is -2.42. The van der Waals surface area contributed by atoms with Crippen LogP contribution in [0.4, 0.5) is 5.69 Å². The third-order valence-corrected chi connectivity index (χ3v) is 6.63. The van der Waals surface area contributed by atoms with E-state index in [0.29, 0.717) is 0 Å². The zero-order valence-corrected chi connectivity index (χ0v) is 16.5. The molecule has 27 heavy (non-hydrogen) atoms. The molecule has 0 aliphatic carbocycles. The van der Waals surface area contributed by atoms with Crippen molar-refractivity contribution in [1.29, 1.82) is 0 Å². The van der Waals surface area contributed by atoms with E-state index in [4.69, 9.17) is 9.47 Å². The number of carbonyl (C=O) groups excluding carboxylic acids is 2. The van der Waals surface area contributed by atoms with Gasteiger partial charge in [-0.2, -0.15) is 4.31 Å². The minimum atomic E-state index is -0.723. The molecule has 0 aromatic heterocycles. The van der Waals surface area contributed by atoms with Crippen LogP contribution in [0.3, 0.4) is 0 Å². The van der Waals surface area contributed by atoms with Gasteiger partial charge in [0, 0.05) is 16.8 Å². The first-order chi connectivity index (χ1) is 13.0. The van der Waals surface area contributed by atoms with Crippen molar-refractivity contribution in [2.45, 2.75) is 24.0 Å². The summed E-state index contributed by atoms with van der Waals surface area (Å²) in [7, 11) is 2.55. The van der Waals surface area contributed by atoms with Crippen molar-refractivity contribution in [1.82, 2.24) is 0 Å². The minimum absolute atomic E-state index is 0.0448. The smallest absolute Gasteiger partial charge is 0.239 e. The highest BCUT2D eigenvalue weighted by Gasteiger charge is 2.43. The van der Waals surface area contributed by atoms with Crippen molar-refractivity contribution in [2.75, 3.05) is 18.5 Å². The van der Waals surface area contributed by atoms with Crippen LogP contribution in [0, 0.1) is 6.08 Å². The van der Waals surface area contributed by atoms with Gasteiger partial charge in [-0.3, -0.25) is 4.79 Å². The molecule has 0 radical (unpaired) electrons. The summed E-state index contributed by atoms with van der Waals surface area (Å²) >= 11 is -0.516. The molecule has 0 amide bonds. The van der Waals surface area contributed by atoms with Crippen molar-refractivity contribution in [3.05, 3.63) is 60.3 Å². The number of nitrogens with zero attached hydrogens (tertiary/aromatic N) is 1. The third-order valence-electron chi connectivity index (χ3n) is 4.16. The molecule has 0 saturated carbocycles. The van der Waals surface area contributed by atoms with Gasteiger partial charge in [-0.15, -0.1) is 6.08 Å². The summed E-state index contributed by atoms with van der Waals surface area (Å²) in [5, 5.41) is 0.179. The molecule has 1 aliphatic heterocycles. The van der Waals surface area contributed by atoms with Crippen LogP contribution >= 0.6 is 0 Å². The molecule has 6 heteroatoms. The lowest BCUT2D eigenvalue weighted by Gasteiger charge is -2.36. The standard InChI is InChI=1S/C21H21NO4S/c1-14(2)27-19-12-8-6-10-16(19)15-9-5-7-11-17(15)22(27)18(21(24)26-4)13-20(23)25-3/h5-12,14H,1-4H3. The Morgan fingerprint density at radius 3 is 2.22 bits per heavy atom. The first-order valence-corrected chi connectivity index (χ1v) is 9.76. The largest absolute Gasteiger partial charge is 0.549 e. The summed E-state index contributed by atoms with van der Waals surface area (Å²) in [5.74, 6) is -1.35. The summed E-state index contributed by atoms with van der Waals surface area (Å²) in [5.41, 5.74) is 3.00. The van der Waals surface area contributed by atoms with E-state index in [1.54, 1.807) is 0 Å². The van der Waals surface area contributed by atoms with Crippen molar-refractivity contribution in [3.8, 4) is 11.1 Å². The average molecular weight is 383 g/mol. The number of benzene rings is 2. The summed E-state index contributed by atoms with van der Waals surface area (Å²) in [6, 6.07) is 16.0. The van der Waals surface area contributed by atoms with Gasteiger partial charge in [0.1, 0.15) is 16.3 Å². The molecule has 1 aliphatic rings. The number of carbonyl (C=O) groups is 2. The summed E-state index contributed by atoms with van der Waals surface area (Å²) in [6.45, 7) is 4.18. The third kappa shape index (κ3) is 3.45. The molecular weight excluding hydrogens is 362 g/mol. The first kappa shape index (κ1) is 19.0. The van der Waals surface area contributed by atoms with Crippen LogP contribution in [0.5, 0.6) is 0 Å². The zero-order chi connectivity index (χ0) is 19.6. The molecule has 2 aromatic rings. The molecule has 1 unspecified atom stereocenters. The zero-order valence-electron chi connectivity index (χ0n) is 15.7. The lowest BCUT2D eigenvalue weighted by molar-refractivity contribution is -0.139. The Morgan fingerprint density at radius 1 is 0.963 bits per heavy atom. The van der Waals surface area contributed by atoms with E-state index in [2.05, 4.69) is 32.1 Å². The molecule has 0 N–H and O–H groups in total. The van der Waals surface area contributed by atoms with E-state index >= 15 is 0 Å². The van der Waals surface area contributed by atoms with Crippen LogP contribution in [0.25, 0.3) is 11.1 Å². The number of anilines is 1. The second kappa shape index (κ2) is 7.88. The molecule has 0 saturated heterocycles. The number of esters is 2. The van der Waals surface area contributed by atoms with Crippen LogP contribution in [0.15, 0.2) is 59.1 Å². The topological polar surface area (TPSA) is 55.8 Å². The normalized spacial score (nSPS) is 15.8. The van der Waals surface area contributed by atoms with Crippen LogP contribution in [0.1, 0.15) is 13.8 Å². The highest BCUT2D eigenvalue weighted by molar-refractivity contribution is 7.99. The van der Waals surface area contributed by atoms with Crippen LogP contribution < -0.4 is 4.31 Å². The van der Waals surface area contributed by atoms with E-state index in [1.165, 1.54) is 14.2 Å². The fraction of sp³-hybridized carbons (Fsp3) is 0.238. The van der Waals surface area contributed by atoms with Crippen LogP contribution in [-0.4, -0.2) is 31.4 Å². The summed E-state index contributed by atoms with van der Waals surface area (Å²) in [6.07, 6.45) is 2.56. The molecule has 1 atom stereocenters. The SMILES string of the molecule is COC(=O)[C-]=C(C(=O)OC)N1c2ccccc2-c2ccccc2[S+]1C(C)C. The fourth-order valence-corrected chi connectivity index (χ4v) is 5.50. The van der Waals surface area contributed by atoms with Crippen LogP contribution in [0.2, 0.25) is 0 Å². The van der Waals surface area contributed by atoms with Crippen molar-refractivity contribution in [3.63, 3.8) is 0 Å². The second-order valence-corrected chi connectivity index (χ2v) is 8.50. The Hall–Kier alpha value is -2.73. The monoisotopic (exact) mass is 383 g/mol. The van der Waals surface area contributed by atoms with Gasteiger partial charge in [-0.25, -0.2) is 0 Å². The molecule has 0 bridgehead atoms. The predicted molar refractivity (Wildman–Crippen MR) is 106 cm³/mol. The number of rotatable bonds is 4. The average Bonchev–Trinajstić information content (AvgIpc) is 2.70. The van der Waals surface area contributed by atoms with Crippen molar-refractivity contribution >= 4 is 28.7 Å². The van der Waals surface area contributed by atoms with E-state index in [0.717, 1.165) is 21.7 Å². The van der Waals surface area contributed by atoms with Gasteiger partial charge < -0.3 is 14.3 Å². The van der Waals surface area contributed by atoms with E-state index in [9.17, 15) is 9.59 Å². The van der Waals surface area contributed by atoms with E-state index < -0.39 is 23.0 Å². The van der Waals surface area contributed by atoms with E-state index in [-0.39, 0.29) is 10.9 Å². The summed E-state index contributed by atoms with van der Waals surface area (Å²) in [4.78, 5) is 25.6. The Balaban J connectivity index is 2.30. The fourth-order valence-electron chi connectivity index (χ4n) is 3.07. The predicted octanol–water partition coefficient (Wildman–Crippen LogP) is 3.51. The molecule has 1 heterocycles. The Bertz CT molecular complexity index is 907. The van der Waals surface area contributed by atoms with Crippen molar-refractivity contribution in [2.24, 2.45) is 0 Å². The number of para-hydroxylation sites is 1. The first-order valence-electron chi connectivity index (χ1n) is 8.51. The molecular formula is C21H21NO4S. The maximum atomic E-state index is 12.6. The number of hydrogen-bond acceptors (Lipinski definition) is 5. The van der Waals surface area contributed by atoms with E-state index in [1.807, 2.05) is 40.7 Å². The molecule has 140 valence electrons. The van der Waals surface area contributed by atoms with Gasteiger partial charge in [0.05, 0.1) is 19.9 Å². The van der Waals surface area contributed by atoms with Gasteiger partial charge in [0.25, 0.3) is 0 Å². The Kier molecular flexibility index (Phi) is 5.56.